The molecule has 19 heavy (non-hydrogen) atoms. The molecule has 3 rings (SSSR count). The lowest BCUT2D eigenvalue weighted by atomic mass is 10.1. The SMILES string of the molecule is CCN1CCCC(Nc2ccc3sccc3c2)CC1. The van der Waals surface area contributed by atoms with Crippen LogP contribution in [0.5, 0.6) is 0 Å². The van der Waals surface area contributed by atoms with Gasteiger partial charge in [-0.1, -0.05) is 6.92 Å². The molecule has 1 aromatic carbocycles. The maximum Gasteiger partial charge on any atom is 0.0349 e. The second-order valence-corrected chi connectivity index (χ2v) is 6.33. The molecule has 0 radical (unpaired) electrons. The monoisotopic (exact) mass is 274 g/mol. The summed E-state index contributed by atoms with van der Waals surface area (Å²) >= 11 is 1.81. The van der Waals surface area contributed by atoms with E-state index in [2.05, 4.69) is 46.8 Å². The van der Waals surface area contributed by atoms with Gasteiger partial charge in [-0.25, -0.2) is 0 Å². The molecule has 1 atom stereocenters. The Labute approximate surface area is 119 Å². The van der Waals surface area contributed by atoms with Crippen molar-refractivity contribution in [3.63, 3.8) is 0 Å². The van der Waals surface area contributed by atoms with Gasteiger partial charge in [0, 0.05) is 23.0 Å². The Hall–Kier alpha value is -1.06. The number of thiophene rings is 1. The van der Waals surface area contributed by atoms with Crippen molar-refractivity contribution < 1.29 is 0 Å². The summed E-state index contributed by atoms with van der Waals surface area (Å²) in [5.74, 6) is 0. The topological polar surface area (TPSA) is 15.3 Å². The Morgan fingerprint density at radius 2 is 2.21 bits per heavy atom. The molecule has 3 heteroatoms. The number of anilines is 1. The third-order valence-corrected chi connectivity index (χ3v) is 4.99. The van der Waals surface area contributed by atoms with Gasteiger partial charge in [0.05, 0.1) is 0 Å². The summed E-state index contributed by atoms with van der Waals surface area (Å²) in [6.07, 6.45) is 3.86. The Bertz CT molecular complexity index is 534. The van der Waals surface area contributed by atoms with E-state index in [1.54, 1.807) is 0 Å². The number of fused-ring (bicyclic) bond motifs is 1. The fourth-order valence-corrected chi connectivity index (χ4v) is 3.68. The molecule has 2 aromatic rings. The molecule has 1 N–H and O–H groups in total. The third kappa shape index (κ3) is 3.10. The van der Waals surface area contributed by atoms with Gasteiger partial charge in [-0.3, -0.25) is 0 Å². The zero-order chi connectivity index (χ0) is 13.1. The van der Waals surface area contributed by atoms with E-state index in [1.807, 2.05) is 11.3 Å². The molecule has 1 aliphatic heterocycles. The van der Waals surface area contributed by atoms with Crippen LogP contribution in [0, 0.1) is 0 Å². The summed E-state index contributed by atoms with van der Waals surface area (Å²) in [6.45, 7) is 5.94. The number of likely N-dealkylation sites (tertiary alicyclic amines) is 1. The van der Waals surface area contributed by atoms with Gasteiger partial charge in [0.2, 0.25) is 0 Å². The first-order chi connectivity index (χ1) is 9.35. The van der Waals surface area contributed by atoms with E-state index in [9.17, 15) is 0 Å². The average Bonchev–Trinajstić information content (AvgIpc) is 2.77. The van der Waals surface area contributed by atoms with Crippen LogP contribution in [0.15, 0.2) is 29.6 Å². The molecule has 1 fully saturated rings. The second-order valence-electron chi connectivity index (χ2n) is 5.38. The van der Waals surface area contributed by atoms with Crippen molar-refractivity contribution in [3.8, 4) is 0 Å². The largest absolute Gasteiger partial charge is 0.382 e. The van der Waals surface area contributed by atoms with Crippen molar-refractivity contribution in [2.24, 2.45) is 0 Å². The van der Waals surface area contributed by atoms with E-state index < -0.39 is 0 Å². The van der Waals surface area contributed by atoms with E-state index in [0.717, 1.165) is 0 Å². The highest BCUT2D eigenvalue weighted by Gasteiger charge is 2.15. The van der Waals surface area contributed by atoms with Crippen LogP contribution in [0.1, 0.15) is 26.2 Å². The first-order valence-electron chi connectivity index (χ1n) is 7.31. The first-order valence-corrected chi connectivity index (χ1v) is 8.19. The highest BCUT2D eigenvalue weighted by atomic mass is 32.1. The van der Waals surface area contributed by atoms with Crippen LogP contribution in [0.2, 0.25) is 0 Å². The van der Waals surface area contributed by atoms with Gasteiger partial charge < -0.3 is 10.2 Å². The van der Waals surface area contributed by atoms with E-state index in [1.165, 1.54) is 54.7 Å². The van der Waals surface area contributed by atoms with Crippen LogP contribution in [-0.2, 0) is 0 Å². The maximum absolute atomic E-state index is 3.73. The summed E-state index contributed by atoms with van der Waals surface area (Å²) in [6, 6.07) is 9.58. The molecule has 0 amide bonds. The zero-order valence-corrected chi connectivity index (χ0v) is 12.4. The highest BCUT2D eigenvalue weighted by Crippen LogP contribution is 2.25. The lowest BCUT2D eigenvalue weighted by molar-refractivity contribution is 0.300. The van der Waals surface area contributed by atoms with Gasteiger partial charge in [0.25, 0.3) is 0 Å². The molecular formula is C16H22N2S. The lowest BCUT2D eigenvalue weighted by Gasteiger charge is -2.19. The lowest BCUT2D eigenvalue weighted by Crippen LogP contribution is -2.26. The number of benzene rings is 1. The first kappa shape index (κ1) is 12.9. The molecule has 102 valence electrons. The van der Waals surface area contributed by atoms with Crippen LogP contribution in [-0.4, -0.2) is 30.6 Å². The minimum atomic E-state index is 0.632. The predicted molar refractivity (Wildman–Crippen MR) is 85.2 cm³/mol. The zero-order valence-electron chi connectivity index (χ0n) is 11.6. The van der Waals surface area contributed by atoms with Gasteiger partial charge in [0.15, 0.2) is 0 Å². The Morgan fingerprint density at radius 3 is 3.11 bits per heavy atom. The van der Waals surface area contributed by atoms with Crippen molar-refractivity contribution in [3.05, 3.63) is 29.6 Å². The fourth-order valence-electron chi connectivity index (χ4n) is 2.91. The molecule has 2 heterocycles. The number of hydrogen-bond acceptors (Lipinski definition) is 3. The van der Waals surface area contributed by atoms with E-state index in [0.29, 0.717) is 6.04 Å². The van der Waals surface area contributed by atoms with Gasteiger partial charge in [-0.05, 0) is 67.4 Å². The average molecular weight is 274 g/mol. The molecule has 2 nitrogen and oxygen atoms in total. The number of nitrogens with zero attached hydrogens (tertiary/aromatic N) is 1. The van der Waals surface area contributed by atoms with Crippen LogP contribution >= 0.6 is 11.3 Å². The summed E-state index contributed by atoms with van der Waals surface area (Å²) in [5, 5.41) is 7.25. The fraction of sp³-hybridized carbons (Fsp3) is 0.500. The van der Waals surface area contributed by atoms with Gasteiger partial charge >= 0.3 is 0 Å². The Kier molecular flexibility index (Phi) is 4.04. The predicted octanol–water partition coefficient (Wildman–Crippen LogP) is 4.19. The van der Waals surface area contributed by atoms with Crippen molar-refractivity contribution in [2.75, 3.05) is 25.0 Å². The third-order valence-electron chi connectivity index (χ3n) is 4.09. The molecule has 0 spiro atoms. The summed E-state index contributed by atoms with van der Waals surface area (Å²) in [4.78, 5) is 2.56. The minimum Gasteiger partial charge on any atom is -0.382 e. The Balaban J connectivity index is 1.66. The normalized spacial score (nSPS) is 21.4. The molecule has 0 aliphatic carbocycles. The molecular weight excluding hydrogens is 252 g/mol. The van der Waals surface area contributed by atoms with E-state index in [4.69, 9.17) is 0 Å². The maximum atomic E-state index is 3.73. The minimum absolute atomic E-state index is 0.632. The molecule has 0 saturated carbocycles. The Morgan fingerprint density at radius 1 is 1.26 bits per heavy atom. The second kappa shape index (κ2) is 5.93. The summed E-state index contributed by atoms with van der Waals surface area (Å²) < 4.78 is 1.38. The van der Waals surface area contributed by atoms with Gasteiger partial charge in [-0.2, -0.15) is 0 Å². The van der Waals surface area contributed by atoms with Crippen molar-refractivity contribution >= 4 is 27.1 Å². The molecule has 1 saturated heterocycles. The van der Waals surface area contributed by atoms with Gasteiger partial charge in [-0.15, -0.1) is 11.3 Å². The van der Waals surface area contributed by atoms with Crippen molar-refractivity contribution in [1.82, 2.24) is 4.90 Å². The molecule has 0 bridgehead atoms. The van der Waals surface area contributed by atoms with Crippen molar-refractivity contribution in [2.45, 2.75) is 32.2 Å². The summed E-state index contributed by atoms with van der Waals surface area (Å²) in [5.41, 5.74) is 1.28. The van der Waals surface area contributed by atoms with Crippen LogP contribution in [0.3, 0.4) is 0 Å². The summed E-state index contributed by atoms with van der Waals surface area (Å²) in [7, 11) is 0. The molecule has 1 aromatic heterocycles. The van der Waals surface area contributed by atoms with Gasteiger partial charge in [0.1, 0.15) is 0 Å². The number of rotatable bonds is 3. The van der Waals surface area contributed by atoms with Crippen LogP contribution in [0.25, 0.3) is 10.1 Å². The van der Waals surface area contributed by atoms with Crippen LogP contribution in [0.4, 0.5) is 5.69 Å². The van der Waals surface area contributed by atoms with E-state index in [-0.39, 0.29) is 0 Å². The quantitative estimate of drug-likeness (QED) is 0.903. The molecule has 1 unspecified atom stereocenters. The van der Waals surface area contributed by atoms with Crippen molar-refractivity contribution in [1.29, 1.82) is 0 Å². The molecule has 1 aliphatic rings. The number of hydrogen-bond donors (Lipinski definition) is 1. The standard InChI is InChI=1S/C16H22N2S/c1-2-18-9-3-4-14(7-10-18)17-15-5-6-16-13(12-15)8-11-19-16/h5-6,8,11-12,14,17H,2-4,7,9-10H2,1H3. The number of nitrogens with one attached hydrogen (secondary N) is 1. The van der Waals surface area contributed by atoms with E-state index >= 15 is 0 Å². The highest BCUT2D eigenvalue weighted by molar-refractivity contribution is 7.17. The smallest absolute Gasteiger partial charge is 0.0349 e. The van der Waals surface area contributed by atoms with Crippen LogP contribution < -0.4 is 5.32 Å².